The molecule has 1 aromatic rings. The van der Waals surface area contributed by atoms with Gasteiger partial charge < -0.3 is 15.2 Å². The van der Waals surface area contributed by atoms with E-state index in [2.05, 4.69) is 18.3 Å². The van der Waals surface area contributed by atoms with Gasteiger partial charge in [0.15, 0.2) is 0 Å². The number of anilines is 1. The van der Waals surface area contributed by atoms with Gasteiger partial charge in [-0.25, -0.2) is 0 Å². The molecule has 1 heterocycles. The molecule has 76 valence electrons. The summed E-state index contributed by atoms with van der Waals surface area (Å²) in [5, 5.41) is 12.4. The molecule has 0 saturated carbocycles. The molecule has 0 radical (unpaired) electrons. The number of aliphatic hydroxyl groups excluding tert-OH is 1. The summed E-state index contributed by atoms with van der Waals surface area (Å²) in [5.41, 5.74) is 2.33. The zero-order chi connectivity index (χ0) is 10.1. The van der Waals surface area contributed by atoms with E-state index in [1.807, 2.05) is 12.1 Å². The molecular formula is C11H15NO2. The zero-order valence-electron chi connectivity index (χ0n) is 8.45. The Kier molecular flexibility index (Phi) is 2.33. The molecule has 0 aliphatic carbocycles. The van der Waals surface area contributed by atoms with Crippen molar-refractivity contribution in [2.45, 2.75) is 18.9 Å². The fourth-order valence-corrected chi connectivity index (χ4v) is 1.93. The Labute approximate surface area is 83.7 Å². The lowest BCUT2D eigenvalue weighted by molar-refractivity contribution is 0.266. The van der Waals surface area contributed by atoms with Crippen LogP contribution in [-0.2, 0) is 0 Å². The van der Waals surface area contributed by atoms with Gasteiger partial charge in [0.05, 0.1) is 19.8 Å². The number of fused-ring (bicyclic) bond motifs is 1. The molecule has 0 amide bonds. The second kappa shape index (κ2) is 3.50. The lowest BCUT2D eigenvalue weighted by Crippen LogP contribution is -2.22. The van der Waals surface area contributed by atoms with Gasteiger partial charge in [-0.3, -0.25) is 0 Å². The first kappa shape index (κ1) is 9.34. The monoisotopic (exact) mass is 193 g/mol. The Bertz CT molecular complexity index is 338. The summed E-state index contributed by atoms with van der Waals surface area (Å²) in [6.07, 6.45) is 0. The molecule has 2 unspecified atom stereocenters. The number of hydrogen-bond donors (Lipinski definition) is 2. The maximum absolute atomic E-state index is 9.14. The van der Waals surface area contributed by atoms with Crippen molar-refractivity contribution in [1.82, 2.24) is 0 Å². The summed E-state index contributed by atoms with van der Waals surface area (Å²) in [7, 11) is 1.66. The van der Waals surface area contributed by atoms with Gasteiger partial charge in [0.1, 0.15) is 5.75 Å². The molecule has 0 saturated heterocycles. The topological polar surface area (TPSA) is 41.5 Å². The number of methoxy groups -OCH3 is 1. The van der Waals surface area contributed by atoms with Crippen LogP contribution in [0.1, 0.15) is 18.4 Å². The second-order valence-electron chi connectivity index (χ2n) is 3.68. The van der Waals surface area contributed by atoms with Gasteiger partial charge in [0.25, 0.3) is 0 Å². The molecule has 1 aliphatic rings. The Hall–Kier alpha value is -1.22. The average Bonchev–Trinajstić information content (AvgIpc) is 2.55. The van der Waals surface area contributed by atoms with Crippen molar-refractivity contribution in [1.29, 1.82) is 0 Å². The molecule has 0 fully saturated rings. The van der Waals surface area contributed by atoms with E-state index in [0.717, 1.165) is 11.4 Å². The number of ether oxygens (including phenoxy) is 1. The smallest absolute Gasteiger partial charge is 0.120 e. The lowest BCUT2D eigenvalue weighted by atomic mass is 9.98. The maximum atomic E-state index is 9.14. The molecular weight excluding hydrogens is 178 g/mol. The first-order valence-electron chi connectivity index (χ1n) is 4.81. The van der Waals surface area contributed by atoms with Crippen LogP contribution < -0.4 is 10.1 Å². The van der Waals surface area contributed by atoms with Crippen LogP contribution in [0.4, 0.5) is 5.69 Å². The Morgan fingerprint density at radius 3 is 2.93 bits per heavy atom. The van der Waals surface area contributed by atoms with Gasteiger partial charge >= 0.3 is 0 Å². The largest absolute Gasteiger partial charge is 0.497 e. The molecule has 3 heteroatoms. The minimum Gasteiger partial charge on any atom is -0.497 e. The summed E-state index contributed by atoms with van der Waals surface area (Å²) in [6.45, 7) is 2.28. The quantitative estimate of drug-likeness (QED) is 0.749. The lowest BCUT2D eigenvalue weighted by Gasteiger charge is -2.12. The van der Waals surface area contributed by atoms with Crippen molar-refractivity contribution in [2.75, 3.05) is 19.0 Å². The third-order valence-electron chi connectivity index (χ3n) is 2.89. The standard InChI is InChI=1S/C11H15NO2/c1-7-9-4-3-8(14-2)5-10(9)12-11(7)6-13/h3-5,7,11-13H,6H2,1-2H3. The van der Waals surface area contributed by atoms with Crippen LogP contribution >= 0.6 is 0 Å². The third kappa shape index (κ3) is 1.34. The first-order chi connectivity index (χ1) is 6.76. The number of aliphatic hydroxyl groups is 1. The van der Waals surface area contributed by atoms with Crippen LogP contribution in [0.15, 0.2) is 18.2 Å². The van der Waals surface area contributed by atoms with E-state index in [-0.39, 0.29) is 12.6 Å². The highest BCUT2D eigenvalue weighted by molar-refractivity contribution is 5.61. The maximum Gasteiger partial charge on any atom is 0.120 e. The van der Waals surface area contributed by atoms with Gasteiger partial charge in [0.2, 0.25) is 0 Å². The third-order valence-corrected chi connectivity index (χ3v) is 2.89. The summed E-state index contributed by atoms with van der Waals surface area (Å²) < 4.78 is 5.14. The molecule has 1 aromatic carbocycles. The van der Waals surface area contributed by atoms with Crippen LogP contribution in [0.25, 0.3) is 0 Å². The number of hydrogen-bond acceptors (Lipinski definition) is 3. The van der Waals surface area contributed by atoms with Crippen LogP contribution in [0.2, 0.25) is 0 Å². The molecule has 2 rings (SSSR count). The molecule has 0 bridgehead atoms. The van der Waals surface area contributed by atoms with E-state index in [4.69, 9.17) is 9.84 Å². The average molecular weight is 193 g/mol. The van der Waals surface area contributed by atoms with Crippen molar-refractivity contribution in [2.24, 2.45) is 0 Å². The van der Waals surface area contributed by atoms with Gasteiger partial charge in [0, 0.05) is 17.7 Å². The number of benzene rings is 1. The Morgan fingerprint density at radius 2 is 2.29 bits per heavy atom. The number of nitrogens with one attached hydrogen (secondary N) is 1. The summed E-state index contributed by atoms with van der Waals surface area (Å²) in [6, 6.07) is 6.12. The highest BCUT2D eigenvalue weighted by atomic mass is 16.5. The van der Waals surface area contributed by atoms with Gasteiger partial charge in [-0.15, -0.1) is 0 Å². The van der Waals surface area contributed by atoms with Crippen molar-refractivity contribution >= 4 is 5.69 Å². The van der Waals surface area contributed by atoms with Crippen LogP contribution in [0.5, 0.6) is 5.75 Å². The molecule has 3 nitrogen and oxygen atoms in total. The highest BCUT2D eigenvalue weighted by Gasteiger charge is 2.27. The van der Waals surface area contributed by atoms with Crippen molar-refractivity contribution in [3.8, 4) is 5.75 Å². The normalized spacial score (nSPS) is 24.2. The molecule has 2 atom stereocenters. The highest BCUT2D eigenvalue weighted by Crippen LogP contribution is 2.37. The Morgan fingerprint density at radius 1 is 1.50 bits per heavy atom. The fourth-order valence-electron chi connectivity index (χ4n) is 1.93. The van der Waals surface area contributed by atoms with E-state index in [1.54, 1.807) is 7.11 Å². The van der Waals surface area contributed by atoms with Crippen molar-refractivity contribution in [3.05, 3.63) is 23.8 Å². The predicted octanol–water partition coefficient (Wildman–Crippen LogP) is 1.59. The van der Waals surface area contributed by atoms with Crippen LogP contribution in [0.3, 0.4) is 0 Å². The van der Waals surface area contributed by atoms with E-state index in [0.29, 0.717) is 5.92 Å². The summed E-state index contributed by atoms with van der Waals surface area (Å²) >= 11 is 0. The molecule has 0 aromatic heterocycles. The summed E-state index contributed by atoms with van der Waals surface area (Å²) in [4.78, 5) is 0. The molecule has 1 aliphatic heterocycles. The Balaban J connectivity index is 2.34. The molecule has 14 heavy (non-hydrogen) atoms. The second-order valence-corrected chi connectivity index (χ2v) is 3.68. The van der Waals surface area contributed by atoms with Crippen LogP contribution in [0, 0.1) is 0 Å². The predicted molar refractivity (Wildman–Crippen MR) is 55.9 cm³/mol. The number of rotatable bonds is 2. The zero-order valence-corrected chi connectivity index (χ0v) is 8.45. The fraction of sp³-hybridized carbons (Fsp3) is 0.455. The van der Waals surface area contributed by atoms with Crippen molar-refractivity contribution in [3.63, 3.8) is 0 Å². The van der Waals surface area contributed by atoms with Crippen LogP contribution in [-0.4, -0.2) is 24.9 Å². The van der Waals surface area contributed by atoms with E-state index in [9.17, 15) is 0 Å². The van der Waals surface area contributed by atoms with E-state index in [1.165, 1.54) is 5.56 Å². The minimum atomic E-state index is 0.136. The van der Waals surface area contributed by atoms with E-state index < -0.39 is 0 Å². The minimum absolute atomic E-state index is 0.136. The summed E-state index contributed by atoms with van der Waals surface area (Å²) in [5.74, 6) is 1.21. The van der Waals surface area contributed by atoms with Gasteiger partial charge in [-0.2, -0.15) is 0 Å². The van der Waals surface area contributed by atoms with E-state index >= 15 is 0 Å². The van der Waals surface area contributed by atoms with Gasteiger partial charge in [-0.05, 0) is 11.6 Å². The van der Waals surface area contributed by atoms with Crippen molar-refractivity contribution < 1.29 is 9.84 Å². The SMILES string of the molecule is COc1ccc2c(c1)NC(CO)C2C. The molecule has 2 N–H and O–H groups in total. The van der Waals surface area contributed by atoms with Gasteiger partial charge in [-0.1, -0.05) is 13.0 Å². The first-order valence-corrected chi connectivity index (χ1v) is 4.81. The molecule has 0 spiro atoms.